The first-order valence-corrected chi connectivity index (χ1v) is 12.7. The molecule has 9 nitrogen and oxygen atoms in total. The number of aromatic nitrogens is 5. The molecule has 3 N–H and O–H groups in total. The van der Waals surface area contributed by atoms with Crippen LogP contribution in [0.2, 0.25) is 0 Å². The summed E-state index contributed by atoms with van der Waals surface area (Å²) in [5.74, 6) is -0.0760. The highest BCUT2D eigenvalue weighted by Crippen LogP contribution is 2.35. The van der Waals surface area contributed by atoms with Gasteiger partial charge in [-0.1, -0.05) is 6.07 Å². The van der Waals surface area contributed by atoms with E-state index in [-0.39, 0.29) is 5.91 Å². The van der Waals surface area contributed by atoms with Crippen molar-refractivity contribution in [2.45, 2.75) is 19.3 Å². The minimum Gasteiger partial charge on any atom is -0.371 e. The number of carbonyl (C=O) groups is 1. The van der Waals surface area contributed by atoms with Crippen LogP contribution in [0.1, 0.15) is 19.3 Å². The molecule has 1 amide bonds. The third-order valence-electron chi connectivity index (χ3n) is 6.84. The number of H-pyrrole nitrogens is 2. The number of hydrogen-bond donors (Lipinski definition) is 3. The Hall–Kier alpha value is -4.24. The van der Waals surface area contributed by atoms with Crippen LogP contribution in [0.25, 0.3) is 44.5 Å². The number of nitrogens with one attached hydrogen (secondary N) is 3. The van der Waals surface area contributed by atoms with E-state index in [9.17, 15) is 4.79 Å². The lowest BCUT2D eigenvalue weighted by molar-refractivity contribution is -0.116. The van der Waals surface area contributed by atoms with E-state index < -0.39 is 0 Å². The molecule has 188 valence electrons. The second-order valence-corrected chi connectivity index (χ2v) is 9.90. The van der Waals surface area contributed by atoms with Crippen LogP contribution in [-0.2, 0) is 4.79 Å². The van der Waals surface area contributed by atoms with Gasteiger partial charge in [-0.3, -0.25) is 14.9 Å². The molecular formula is C28H30N8O. The summed E-state index contributed by atoms with van der Waals surface area (Å²) < 4.78 is 0. The Balaban J connectivity index is 1.35. The van der Waals surface area contributed by atoms with Gasteiger partial charge >= 0.3 is 0 Å². The van der Waals surface area contributed by atoms with Gasteiger partial charge < -0.3 is 20.1 Å². The predicted molar refractivity (Wildman–Crippen MR) is 148 cm³/mol. The minimum absolute atomic E-state index is 0.0760. The standard InChI is InChI=1S/C28H30N8O/c1-35(2)17-26(37)31-20-12-19(15-29-16-20)18-6-7-23-21(13-18)27(34-33-23)24-14-22-25(8-9-30-28(22)32-24)36-10-4-3-5-11-36/h6-9,12-16H,3-5,10-11,17H2,1-2H3,(H,30,32)(H,31,37)(H,33,34). The Kier molecular flexibility index (Phi) is 6.05. The van der Waals surface area contributed by atoms with Crippen molar-refractivity contribution in [3.63, 3.8) is 0 Å². The Bertz CT molecular complexity index is 1580. The van der Waals surface area contributed by atoms with Gasteiger partial charge in [-0.2, -0.15) is 5.10 Å². The molecule has 1 aliphatic rings. The highest BCUT2D eigenvalue weighted by Gasteiger charge is 2.18. The topological polar surface area (TPSA) is 106 Å². The number of fused-ring (bicyclic) bond motifs is 2. The van der Waals surface area contributed by atoms with Gasteiger partial charge in [-0.25, -0.2) is 4.98 Å². The molecule has 1 aromatic carbocycles. The maximum atomic E-state index is 12.2. The number of rotatable bonds is 6. The molecule has 6 rings (SSSR count). The van der Waals surface area contributed by atoms with E-state index in [1.165, 1.54) is 24.9 Å². The van der Waals surface area contributed by atoms with Crippen molar-refractivity contribution < 1.29 is 4.79 Å². The lowest BCUT2D eigenvalue weighted by Gasteiger charge is -2.29. The Morgan fingerprint density at radius 1 is 1.03 bits per heavy atom. The van der Waals surface area contributed by atoms with Crippen molar-refractivity contribution in [3.05, 3.63) is 55.0 Å². The van der Waals surface area contributed by atoms with Gasteiger partial charge in [-0.15, -0.1) is 0 Å². The first-order valence-electron chi connectivity index (χ1n) is 12.7. The highest BCUT2D eigenvalue weighted by molar-refractivity contribution is 6.00. The summed E-state index contributed by atoms with van der Waals surface area (Å²) in [7, 11) is 3.73. The highest BCUT2D eigenvalue weighted by atomic mass is 16.2. The molecular weight excluding hydrogens is 464 g/mol. The summed E-state index contributed by atoms with van der Waals surface area (Å²) in [5.41, 5.74) is 7.41. The zero-order valence-electron chi connectivity index (χ0n) is 21.1. The third-order valence-corrected chi connectivity index (χ3v) is 6.84. The van der Waals surface area contributed by atoms with Crippen molar-refractivity contribution in [1.82, 2.24) is 30.0 Å². The lowest BCUT2D eigenvalue weighted by Crippen LogP contribution is -2.29. The quantitative estimate of drug-likeness (QED) is 0.317. The number of aromatic amines is 2. The van der Waals surface area contributed by atoms with Crippen LogP contribution in [0.3, 0.4) is 0 Å². The maximum absolute atomic E-state index is 12.2. The fourth-order valence-corrected chi connectivity index (χ4v) is 5.10. The first kappa shape index (κ1) is 23.2. The average Bonchev–Trinajstić information content (AvgIpc) is 3.52. The summed E-state index contributed by atoms with van der Waals surface area (Å²) >= 11 is 0. The van der Waals surface area contributed by atoms with Gasteiger partial charge in [0, 0.05) is 47.5 Å². The molecule has 37 heavy (non-hydrogen) atoms. The molecule has 1 saturated heterocycles. The van der Waals surface area contributed by atoms with Gasteiger partial charge in [-0.05, 0) is 69.3 Å². The van der Waals surface area contributed by atoms with Gasteiger partial charge in [0.25, 0.3) is 0 Å². The van der Waals surface area contributed by atoms with Crippen LogP contribution in [0.4, 0.5) is 11.4 Å². The number of benzene rings is 1. The molecule has 0 atom stereocenters. The van der Waals surface area contributed by atoms with E-state index in [4.69, 9.17) is 0 Å². The van der Waals surface area contributed by atoms with Gasteiger partial charge in [0.05, 0.1) is 29.6 Å². The number of anilines is 2. The average molecular weight is 495 g/mol. The van der Waals surface area contributed by atoms with E-state index in [0.29, 0.717) is 12.2 Å². The molecule has 5 heterocycles. The number of carbonyl (C=O) groups excluding carboxylic acids is 1. The Morgan fingerprint density at radius 3 is 2.73 bits per heavy atom. The van der Waals surface area contributed by atoms with Gasteiger partial charge in [0.1, 0.15) is 11.3 Å². The van der Waals surface area contributed by atoms with E-state index in [1.807, 2.05) is 43.4 Å². The largest absolute Gasteiger partial charge is 0.371 e. The first-order chi connectivity index (χ1) is 18.0. The molecule has 1 fully saturated rings. The smallest absolute Gasteiger partial charge is 0.238 e. The van der Waals surface area contributed by atoms with Crippen LogP contribution in [0, 0.1) is 0 Å². The number of nitrogens with zero attached hydrogens (tertiary/aromatic N) is 5. The molecule has 4 aromatic heterocycles. The minimum atomic E-state index is -0.0760. The molecule has 0 unspecified atom stereocenters. The normalized spacial score (nSPS) is 14.1. The van der Waals surface area contributed by atoms with Crippen molar-refractivity contribution in [2.24, 2.45) is 0 Å². The number of likely N-dealkylation sites (N-methyl/N-ethyl adjacent to an activating group) is 1. The van der Waals surface area contributed by atoms with Crippen molar-refractivity contribution >= 4 is 39.2 Å². The zero-order chi connectivity index (χ0) is 25.4. The maximum Gasteiger partial charge on any atom is 0.238 e. The van der Waals surface area contributed by atoms with Crippen LogP contribution >= 0.6 is 0 Å². The van der Waals surface area contributed by atoms with Gasteiger partial charge in [0.2, 0.25) is 5.91 Å². The molecule has 9 heteroatoms. The molecule has 0 saturated carbocycles. The number of amides is 1. The summed E-state index contributed by atoms with van der Waals surface area (Å²) in [6.45, 7) is 2.47. The summed E-state index contributed by atoms with van der Waals surface area (Å²) in [4.78, 5) is 28.9. The Morgan fingerprint density at radius 2 is 1.89 bits per heavy atom. The van der Waals surface area contributed by atoms with Crippen molar-refractivity contribution in [3.8, 4) is 22.5 Å². The molecule has 0 bridgehead atoms. The number of piperidine rings is 1. The van der Waals surface area contributed by atoms with Crippen molar-refractivity contribution in [1.29, 1.82) is 0 Å². The fourth-order valence-electron chi connectivity index (χ4n) is 5.10. The number of hydrogen-bond acceptors (Lipinski definition) is 6. The molecule has 0 radical (unpaired) electrons. The molecule has 0 aliphatic carbocycles. The van der Waals surface area contributed by atoms with E-state index in [2.05, 4.69) is 53.6 Å². The zero-order valence-corrected chi connectivity index (χ0v) is 21.1. The van der Waals surface area contributed by atoms with E-state index in [0.717, 1.165) is 57.5 Å². The third kappa shape index (κ3) is 4.65. The summed E-state index contributed by atoms with van der Waals surface area (Å²) in [6.07, 6.45) is 9.10. The molecule has 5 aromatic rings. The molecule has 1 aliphatic heterocycles. The van der Waals surface area contributed by atoms with Crippen LogP contribution in [-0.4, -0.2) is 69.7 Å². The van der Waals surface area contributed by atoms with Crippen molar-refractivity contribution in [2.75, 3.05) is 43.9 Å². The molecule has 0 spiro atoms. The second-order valence-electron chi connectivity index (χ2n) is 9.90. The second kappa shape index (κ2) is 9.67. The van der Waals surface area contributed by atoms with E-state index in [1.54, 1.807) is 12.4 Å². The Labute approximate surface area is 214 Å². The van der Waals surface area contributed by atoms with Crippen LogP contribution < -0.4 is 10.2 Å². The SMILES string of the molecule is CN(C)CC(=O)Nc1cncc(-c2ccc3[nH]nc(-c4cc5c(N6CCCCC6)ccnc5[nH]4)c3c2)c1. The van der Waals surface area contributed by atoms with Gasteiger partial charge in [0.15, 0.2) is 0 Å². The summed E-state index contributed by atoms with van der Waals surface area (Å²) in [5, 5.41) is 12.9. The number of pyridine rings is 2. The van der Waals surface area contributed by atoms with Crippen LogP contribution in [0.5, 0.6) is 0 Å². The monoisotopic (exact) mass is 494 g/mol. The lowest BCUT2D eigenvalue weighted by atomic mass is 10.0. The fraction of sp³-hybridized carbons (Fsp3) is 0.286. The van der Waals surface area contributed by atoms with Crippen LogP contribution in [0.15, 0.2) is 55.0 Å². The summed E-state index contributed by atoms with van der Waals surface area (Å²) in [6, 6.07) is 12.4. The predicted octanol–water partition coefficient (Wildman–Crippen LogP) is 4.66. The van der Waals surface area contributed by atoms with E-state index >= 15 is 0 Å².